The Balaban J connectivity index is 1.47. The molecule has 1 aliphatic heterocycles. The van der Waals surface area contributed by atoms with Crippen LogP contribution in [0.15, 0.2) is 42.5 Å². The van der Waals surface area contributed by atoms with Crippen LogP contribution in [0.3, 0.4) is 0 Å². The van der Waals surface area contributed by atoms with Crippen molar-refractivity contribution in [3.8, 4) is 11.5 Å². The number of ether oxygens (including phenoxy) is 2. The zero-order valence-corrected chi connectivity index (χ0v) is 16.1. The zero-order chi connectivity index (χ0) is 20.9. The van der Waals surface area contributed by atoms with E-state index in [0.29, 0.717) is 12.5 Å². The molecule has 1 atom stereocenters. The number of nitrogens with zero attached hydrogens (tertiary/aromatic N) is 1. The molecule has 2 aromatic rings. The molecule has 1 fully saturated rings. The Hall–Kier alpha value is -2.48. The van der Waals surface area contributed by atoms with E-state index in [9.17, 15) is 17.6 Å². The van der Waals surface area contributed by atoms with Crippen LogP contribution in [-0.4, -0.2) is 39.5 Å². The predicted octanol–water partition coefficient (Wildman–Crippen LogP) is 4.39. The minimum Gasteiger partial charge on any atom is -0.493 e. The molecule has 1 N–H and O–H groups in total. The highest BCUT2D eigenvalue weighted by atomic mass is 19.4. The lowest BCUT2D eigenvalue weighted by molar-refractivity contribution is -0.153. The van der Waals surface area contributed by atoms with Gasteiger partial charge in [0.05, 0.1) is 7.11 Å². The fourth-order valence-electron chi connectivity index (χ4n) is 3.41. The van der Waals surface area contributed by atoms with Gasteiger partial charge < -0.3 is 19.7 Å². The first kappa shape index (κ1) is 21.2. The number of hydrogen-bond donors (Lipinski definition) is 1. The van der Waals surface area contributed by atoms with Crippen LogP contribution < -0.4 is 19.7 Å². The second-order valence-electron chi connectivity index (χ2n) is 7.10. The summed E-state index contributed by atoms with van der Waals surface area (Å²) in [5.41, 5.74) is 1.92. The summed E-state index contributed by atoms with van der Waals surface area (Å²) in [6, 6.07) is 11.4. The molecule has 158 valence electrons. The van der Waals surface area contributed by atoms with Gasteiger partial charge in [0.1, 0.15) is 5.82 Å². The Labute approximate surface area is 167 Å². The number of alkyl halides is 3. The van der Waals surface area contributed by atoms with E-state index in [1.165, 1.54) is 25.3 Å². The van der Waals surface area contributed by atoms with Gasteiger partial charge in [-0.3, -0.25) is 0 Å². The summed E-state index contributed by atoms with van der Waals surface area (Å²) in [4.78, 5) is 2.24. The Kier molecular flexibility index (Phi) is 6.84. The highest BCUT2D eigenvalue weighted by Crippen LogP contribution is 2.30. The van der Waals surface area contributed by atoms with Crippen LogP contribution in [0.4, 0.5) is 23.2 Å². The molecule has 3 rings (SSSR count). The largest absolute Gasteiger partial charge is 0.493 e. The lowest BCUT2D eigenvalue weighted by Gasteiger charge is -2.19. The van der Waals surface area contributed by atoms with E-state index < -0.39 is 12.8 Å². The zero-order valence-electron chi connectivity index (χ0n) is 16.1. The summed E-state index contributed by atoms with van der Waals surface area (Å²) in [6.45, 7) is 1.85. The molecule has 1 saturated heterocycles. The Morgan fingerprint density at radius 3 is 2.55 bits per heavy atom. The second-order valence-corrected chi connectivity index (χ2v) is 7.10. The quantitative estimate of drug-likeness (QED) is 0.652. The van der Waals surface area contributed by atoms with Crippen molar-refractivity contribution in [2.45, 2.75) is 19.1 Å². The van der Waals surface area contributed by atoms with Crippen molar-refractivity contribution in [2.24, 2.45) is 5.92 Å². The van der Waals surface area contributed by atoms with Crippen LogP contribution in [0.5, 0.6) is 11.5 Å². The van der Waals surface area contributed by atoms with Gasteiger partial charge in [-0.1, -0.05) is 6.07 Å². The van der Waals surface area contributed by atoms with Crippen LogP contribution in [-0.2, 0) is 6.54 Å². The number of benzene rings is 2. The Morgan fingerprint density at radius 2 is 1.86 bits per heavy atom. The molecule has 0 radical (unpaired) electrons. The van der Waals surface area contributed by atoms with E-state index in [-0.39, 0.29) is 17.3 Å². The highest BCUT2D eigenvalue weighted by molar-refractivity contribution is 5.47. The van der Waals surface area contributed by atoms with Gasteiger partial charge in [-0.2, -0.15) is 13.2 Å². The number of anilines is 1. The van der Waals surface area contributed by atoms with Crippen LogP contribution in [0.25, 0.3) is 0 Å². The van der Waals surface area contributed by atoms with Gasteiger partial charge in [-0.05, 0) is 54.3 Å². The van der Waals surface area contributed by atoms with Gasteiger partial charge in [0.25, 0.3) is 0 Å². The Morgan fingerprint density at radius 1 is 1.10 bits per heavy atom. The van der Waals surface area contributed by atoms with Gasteiger partial charge in [0.2, 0.25) is 0 Å². The topological polar surface area (TPSA) is 33.7 Å². The van der Waals surface area contributed by atoms with E-state index >= 15 is 0 Å². The molecule has 2 aromatic carbocycles. The molecular formula is C21H24F4N2O2. The third kappa shape index (κ3) is 6.25. The number of halogens is 4. The molecular weight excluding hydrogens is 388 g/mol. The molecule has 0 saturated carbocycles. The summed E-state index contributed by atoms with van der Waals surface area (Å²) in [6.07, 6.45) is -3.35. The van der Waals surface area contributed by atoms with E-state index in [4.69, 9.17) is 9.47 Å². The van der Waals surface area contributed by atoms with Gasteiger partial charge in [0.15, 0.2) is 18.1 Å². The minimum absolute atomic E-state index is 0.0688. The van der Waals surface area contributed by atoms with Gasteiger partial charge in [0, 0.05) is 31.9 Å². The molecule has 1 heterocycles. The van der Waals surface area contributed by atoms with Gasteiger partial charge in [-0.15, -0.1) is 0 Å². The van der Waals surface area contributed by atoms with E-state index in [1.807, 2.05) is 0 Å². The van der Waals surface area contributed by atoms with Crippen LogP contribution >= 0.6 is 0 Å². The molecule has 1 aliphatic rings. The fourth-order valence-corrected chi connectivity index (χ4v) is 3.41. The second kappa shape index (κ2) is 9.35. The van der Waals surface area contributed by atoms with Crippen molar-refractivity contribution in [1.82, 2.24) is 5.32 Å². The van der Waals surface area contributed by atoms with Crippen LogP contribution in [0.1, 0.15) is 12.0 Å². The van der Waals surface area contributed by atoms with E-state index in [0.717, 1.165) is 37.3 Å². The number of methoxy groups -OCH3 is 1. The summed E-state index contributed by atoms with van der Waals surface area (Å²) < 4.78 is 60.0. The number of rotatable bonds is 8. The van der Waals surface area contributed by atoms with Gasteiger partial charge in [-0.25, -0.2) is 4.39 Å². The van der Waals surface area contributed by atoms with Crippen molar-refractivity contribution in [3.05, 3.63) is 53.8 Å². The maximum Gasteiger partial charge on any atom is 0.422 e. The maximum atomic E-state index is 13.1. The first-order valence-corrected chi connectivity index (χ1v) is 9.42. The third-order valence-electron chi connectivity index (χ3n) is 4.86. The van der Waals surface area contributed by atoms with Crippen molar-refractivity contribution >= 4 is 5.69 Å². The third-order valence-corrected chi connectivity index (χ3v) is 4.86. The monoisotopic (exact) mass is 412 g/mol. The van der Waals surface area contributed by atoms with Crippen LogP contribution in [0, 0.1) is 11.7 Å². The predicted molar refractivity (Wildman–Crippen MR) is 103 cm³/mol. The number of nitrogens with one attached hydrogen (secondary N) is 1. The summed E-state index contributed by atoms with van der Waals surface area (Å²) in [5.74, 6) is 0.573. The Bertz CT molecular complexity index is 796. The molecule has 29 heavy (non-hydrogen) atoms. The minimum atomic E-state index is -4.39. The lowest BCUT2D eigenvalue weighted by atomic mass is 10.1. The van der Waals surface area contributed by atoms with E-state index in [2.05, 4.69) is 10.2 Å². The van der Waals surface area contributed by atoms with Crippen molar-refractivity contribution in [1.29, 1.82) is 0 Å². The van der Waals surface area contributed by atoms with Gasteiger partial charge >= 0.3 is 6.18 Å². The SMILES string of the molecule is COc1cc(CNCC2CCN(c3ccc(F)cc3)C2)ccc1OCC(F)(F)F. The van der Waals surface area contributed by atoms with E-state index in [1.54, 1.807) is 24.3 Å². The molecule has 1 unspecified atom stereocenters. The first-order valence-electron chi connectivity index (χ1n) is 9.42. The molecule has 0 aliphatic carbocycles. The highest BCUT2D eigenvalue weighted by Gasteiger charge is 2.29. The molecule has 0 bridgehead atoms. The smallest absolute Gasteiger partial charge is 0.422 e. The normalized spacial score (nSPS) is 16.9. The first-order chi connectivity index (χ1) is 13.8. The molecule has 0 aromatic heterocycles. The maximum absolute atomic E-state index is 13.1. The van der Waals surface area contributed by atoms with Crippen LogP contribution in [0.2, 0.25) is 0 Å². The van der Waals surface area contributed by atoms with Crippen molar-refractivity contribution in [3.63, 3.8) is 0 Å². The molecule has 4 nitrogen and oxygen atoms in total. The fraction of sp³-hybridized carbons (Fsp3) is 0.429. The summed E-state index contributed by atoms with van der Waals surface area (Å²) in [5, 5.41) is 3.39. The number of hydrogen-bond acceptors (Lipinski definition) is 4. The molecule has 0 amide bonds. The molecule has 0 spiro atoms. The lowest BCUT2D eigenvalue weighted by Crippen LogP contribution is -2.26. The summed E-state index contributed by atoms with van der Waals surface area (Å²) >= 11 is 0. The van der Waals surface area contributed by atoms with Crippen molar-refractivity contribution < 1.29 is 27.0 Å². The summed E-state index contributed by atoms with van der Waals surface area (Å²) in [7, 11) is 1.40. The standard InChI is InChI=1S/C21H24F4N2O2/c1-28-20-10-15(2-7-19(20)29-14-21(23,24)25)11-26-12-16-8-9-27(13-16)18-5-3-17(22)4-6-18/h2-7,10,16,26H,8-9,11-14H2,1H3. The average molecular weight is 412 g/mol. The van der Waals surface area contributed by atoms with Crippen molar-refractivity contribution in [2.75, 3.05) is 38.3 Å². The molecule has 8 heteroatoms. The average Bonchev–Trinajstić information content (AvgIpc) is 3.15.